The molecule has 8 nitrogen and oxygen atoms in total. The molecule has 29 heavy (non-hydrogen) atoms. The molecular weight excluding hydrogens is 394 g/mol. The molecule has 1 spiro atoms. The van der Waals surface area contributed by atoms with Gasteiger partial charge in [-0.2, -0.15) is 0 Å². The average Bonchev–Trinajstić information content (AvgIpc) is 3.35. The summed E-state index contributed by atoms with van der Waals surface area (Å²) in [4.78, 5) is 25.6. The van der Waals surface area contributed by atoms with E-state index in [2.05, 4.69) is 10.0 Å². The second-order valence-corrected chi connectivity index (χ2v) is 9.84. The summed E-state index contributed by atoms with van der Waals surface area (Å²) >= 11 is 0. The number of rotatable bonds is 6. The molecule has 1 aromatic carbocycles. The quantitative estimate of drug-likeness (QED) is 0.720. The van der Waals surface area contributed by atoms with Crippen LogP contribution in [0.1, 0.15) is 38.2 Å². The first-order valence-corrected chi connectivity index (χ1v) is 11.6. The van der Waals surface area contributed by atoms with E-state index in [0.717, 1.165) is 24.8 Å². The van der Waals surface area contributed by atoms with Crippen molar-refractivity contribution in [3.8, 4) is 0 Å². The number of aryl methyl sites for hydroxylation is 1. The van der Waals surface area contributed by atoms with Crippen molar-refractivity contribution in [3.63, 3.8) is 0 Å². The first kappa shape index (κ1) is 20.3. The third kappa shape index (κ3) is 4.17. The van der Waals surface area contributed by atoms with Gasteiger partial charge in [-0.25, -0.2) is 13.1 Å². The number of hydrogen-bond donors (Lipinski definition) is 2. The van der Waals surface area contributed by atoms with Crippen molar-refractivity contribution in [3.05, 3.63) is 23.8 Å². The van der Waals surface area contributed by atoms with Gasteiger partial charge in [-0.3, -0.25) is 9.59 Å². The molecule has 2 fully saturated rings. The van der Waals surface area contributed by atoms with Crippen molar-refractivity contribution in [2.75, 3.05) is 31.6 Å². The number of sulfonamides is 1. The predicted molar refractivity (Wildman–Crippen MR) is 107 cm³/mol. The van der Waals surface area contributed by atoms with Crippen LogP contribution in [0.5, 0.6) is 0 Å². The van der Waals surface area contributed by atoms with Crippen molar-refractivity contribution in [2.45, 2.75) is 50.0 Å². The molecule has 2 amide bonds. The first-order chi connectivity index (χ1) is 13.8. The van der Waals surface area contributed by atoms with Crippen molar-refractivity contribution in [2.24, 2.45) is 5.41 Å². The fourth-order valence-electron chi connectivity index (χ4n) is 4.33. The Morgan fingerprint density at radius 2 is 2.07 bits per heavy atom. The zero-order valence-corrected chi connectivity index (χ0v) is 17.4. The number of benzene rings is 1. The summed E-state index contributed by atoms with van der Waals surface area (Å²) in [6, 6.07) is 4.76. The van der Waals surface area contributed by atoms with Gasteiger partial charge in [-0.05, 0) is 61.8 Å². The molecule has 2 N–H and O–H groups in total. The standard InChI is InChI=1S/C20H27N3O5S/c1-2-28-13-19(25)23-9-7-20(8-10-23)12-17(20)22-29(26,27)15-4-5-16-14(11-15)3-6-18(24)21-16/h4-5,11,17,22H,2-3,6-10,12-13H2,1H3,(H,21,24). The summed E-state index contributed by atoms with van der Waals surface area (Å²) in [5, 5.41) is 2.77. The zero-order chi connectivity index (χ0) is 20.6. The zero-order valence-electron chi connectivity index (χ0n) is 16.6. The number of piperidine rings is 1. The van der Waals surface area contributed by atoms with Gasteiger partial charge in [0.1, 0.15) is 6.61 Å². The number of likely N-dealkylation sites (tertiary alicyclic amines) is 1. The van der Waals surface area contributed by atoms with E-state index in [0.29, 0.717) is 38.2 Å². The average molecular weight is 422 g/mol. The molecule has 1 aromatic rings. The predicted octanol–water partition coefficient (Wildman–Crippen LogP) is 1.27. The number of carbonyl (C=O) groups is 2. The van der Waals surface area contributed by atoms with Crippen LogP contribution < -0.4 is 10.0 Å². The van der Waals surface area contributed by atoms with E-state index >= 15 is 0 Å². The number of ether oxygens (including phenoxy) is 1. The molecule has 2 aliphatic heterocycles. The topological polar surface area (TPSA) is 105 Å². The highest BCUT2D eigenvalue weighted by atomic mass is 32.2. The molecule has 2 heterocycles. The summed E-state index contributed by atoms with van der Waals surface area (Å²) in [5.74, 6) is -0.0436. The summed E-state index contributed by atoms with van der Waals surface area (Å²) in [7, 11) is -3.62. The lowest BCUT2D eigenvalue weighted by molar-refractivity contribution is -0.137. The van der Waals surface area contributed by atoms with Gasteiger partial charge >= 0.3 is 0 Å². The number of fused-ring (bicyclic) bond motifs is 1. The summed E-state index contributed by atoms with van der Waals surface area (Å²) in [6.45, 7) is 3.77. The van der Waals surface area contributed by atoms with Crippen LogP contribution in [0, 0.1) is 5.41 Å². The number of hydrogen-bond acceptors (Lipinski definition) is 5. The Hall–Kier alpha value is -1.97. The van der Waals surface area contributed by atoms with Crippen LogP contribution in [0.3, 0.4) is 0 Å². The van der Waals surface area contributed by atoms with Crippen molar-refractivity contribution < 1.29 is 22.7 Å². The van der Waals surface area contributed by atoms with E-state index in [4.69, 9.17) is 4.74 Å². The number of amides is 2. The third-order valence-electron chi connectivity index (χ3n) is 6.31. The molecule has 1 unspecified atom stereocenters. The minimum Gasteiger partial charge on any atom is -0.372 e. The van der Waals surface area contributed by atoms with Crippen molar-refractivity contribution in [1.29, 1.82) is 0 Å². The lowest BCUT2D eigenvalue weighted by Crippen LogP contribution is -2.43. The maximum atomic E-state index is 12.9. The number of nitrogens with zero attached hydrogens (tertiary/aromatic N) is 1. The number of anilines is 1. The van der Waals surface area contributed by atoms with Gasteiger partial charge in [0.15, 0.2) is 0 Å². The second kappa shape index (κ2) is 7.70. The van der Waals surface area contributed by atoms with Gasteiger partial charge in [0, 0.05) is 37.8 Å². The molecule has 9 heteroatoms. The van der Waals surface area contributed by atoms with Gasteiger partial charge in [-0.1, -0.05) is 0 Å². The lowest BCUT2D eigenvalue weighted by atomic mass is 9.93. The largest absolute Gasteiger partial charge is 0.372 e. The van der Waals surface area contributed by atoms with Crippen LogP contribution >= 0.6 is 0 Å². The molecule has 1 saturated carbocycles. The Labute approximate surface area is 171 Å². The van der Waals surface area contributed by atoms with Crippen molar-refractivity contribution in [1.82, 2.24) is 9.62 Å². The highest BCUT2D eigenvalue weighted by Crippen LogP contribution is 2.54. The fourth-order valence-corrected chi connectivity index (χ4v) is 5.72. The SMILES string of the molecule is CCOCC(=O)N1CCC2(CC1)CC2NS(=O)(=O)c1ccc2c(c1)CCC(=O)N2. The van der Waals surface area contributed by atoms with E-state index in [9.17, 15) is 18.0 Å². The number of nitrogens with one attached hydrogen (secondary N) is 2. The molecule has 1 atom stereocenters. The minimum absolute atomic E-state index is 0.000584. The molecule has 4 rings (SSSR count). The lowest BCUT2D eigenvalue weighted by Gasteiger charge is -2.33. The van der Waals surface area contributed by atoms with Crippen molar-refractivity contribution >= 4 is 27.5 Å². The van der Waals surface area contributed by atoms with E-state index in [-0.39, 0.29) is 34.8 Å². The number of carbonyl (C=O) groups excluding carboxylic acids is 2. The van der Waals surface area contributed by atoms with E-state index in [1.165, 1.54) is 6.07 Å². The Morgan fingerprint density at radius 1 is 1.31 bits per heavy atom. The molecule has 1 aliphatic carbocycles. The summed E-state index contributed by atoms with van der Waals surface area (Å²) in [6.07, 6.45) is 3.32. The van der Waals surface area contributed by atoms with Crippen LogP contribution in [0.15, 0.2) is 23.1 Å². The Balaban J connectivity index is 1.36. The van der Waals surface area contributed by atoms with Gasteiger partial charge in [0.05, 0.1) is 4.90 Å². The van der Waals surface area contributed by atoms with Crippen LogP contribution in [0.25, 0.3) is 0 Å². The maximum Gasteiger partial charge on any atom is 0.248 e. The highest BCUT2D eigenvalue weighted by molar-refractivity contribution is 7.89. The molecule has 0 radical (unpaired) electrons. The van der Waals surface area contributed by atoms with E-state index in [1.54, 1.807) is 12.1 Å². The maximum absolute atomic E-state index is 12.9. The summed E-state index contributed by atoms with van der Waals surface area (Å²) < 4.78 is 33.8. The second-order valence-electron chi connectivity index (χ2n) is 8.13. The van der Waals surface area contributed by atoms with Crippen LogP contribution in [0.2, 0.25) is 0 Å². The Bertz CT molecular complexity index is 922. The smallest absolute Gasteiger partial charge is 0.248 e. The molecule has 0 aromatic heterocycles. The van der Waals surface area contributed by atoms with Crippen LogP contribution in [0.4, 0.5) is 5.69 Å². The minimum atomic E-state index is -3.62. The fraction of sp³-hybridized carbons (Fsp3) is 0.600. The van der Waals surface area contributed by atoms with E-state index in [1.807, 2.05) is 11.8 Å². The molecule has 1 saturated heterocycles. The molecular formula is C20H27N3O5S. The highest BCUT2D eigenvalue weighted by Gasteiger charge is 2.56. The monoisotopic (exact) mass is 421 g/mol. The summed E-state index contributed by atoms with van der Waals surface area (Å²) in [5.41, 5.74) is 1.49. The van der Waals surface area contributed by atoms with Gasteiger partial charge in [0.2, 0.25) is 21.8 Å². The van der Waals surface area contributed by atoms with Crippen LogP contribution in [-0.2, 0) is 30.8 Å². The van der Waals surface area contributed by atoms with Gasteiger partial charge in [0.25, 0.3) is 0 Å². The molecule has 3 aliphatic rings. The first-order valence-electron chi connectivity index (χ1n) is 10.1. The molecule has 0 bridgehead atoms. The molecule has 158 valence electrons. The normalized spacial score (nSPS) is 22.9. The van der Waals surface area contributed by atoms with Gasteiger partial charge in [-0.15, -0.1) is 0 Å². The van der Waals surface area contributed by atoms with Gasteiger partial charge < -0.3 is 15.0 Å². The third-order valence-corrected chi connectivity index (χ3v) is 7.78. The van der Waals surface area contributed by atoms with E-state index < -0.39 is 10.0 Å². The Kier molecular flexibility index (Phi) is 5.39. The Morgan fingerprint density at radius 3 is 2.79 bits per heavy atom. The van der Waals surface area contributed by atoms with Crippen LogP contribution in [-0.4, -0.2) is 57.5 Å².